The highest BCUT2D eigenvalue weighted by Crippen LogP contribution is 2.30. The van der Waals surface area contributed by atoms with Crippen LogP contribution in [0.4, 0.5) is 5.69 Å². The van der Waals surface area contributed by atoms with Crippen LogP contribution in [0.5, 0.6) is 5.75 Å². The molecule has 0 heterocycles. The van der Waals surface area contributed by atoms with E-state index in [-0.39, 0.29) is 29.5 Å². The lowest BCUT2D eigenvalue weighted by molar-refractivity contribution is -0.140. The van der Waals surface area contributed by atoms with E-state index in [1.54, 1.807) is 18.2 Å². The first kappa shape index (κ1) is 36.1. The van der Waals surface area contributed by atoms with Crippen LogP contribution in [0.25, 0.3) is 0 Å². The molecule has 0 radical (unpaired) electrons. The Balaban J connectivity index is 1.83. The third-order valence-electron chi connectivity index (χ3n) is 7.39. The molecule has 1 unspecified atom stereocenters. The Bertz CT molecular complexity index is 1750. The number of sulfonamides is 1. The van der Waals surface area contributed by atoms with Gasteiger partial charge in [0.05, 0.1) is 17.7 Å². The number of nitrogens with one attached hydrogen (secondary N) is 1. The summed E-state index contributed by atoms with van der Waals surface area (Å²) in [5.41, 5.74) is 1.44. The fraction of sp³-hybridized carbons (Fsp3) is 0.257. The predicted octanol–water partition coefficient (Wildman–Crippen LogP) is 7.26. The minimum absolute atomic E-state index is 0.0581. The monoisotopic (exact) mass is 715 g/mol. The average molecular weight is 717 g/mol. The van der Waals surface area contributed by atoms with Gasteiger partial charge in [0.2, 0.25) is 11.8 Å². The van der Waals surface area contributed by atoms with Crippen molar-refractivity contribution in [1.29, 1.82) is 0 Å². The second-order valence-corrected chi connectivity index (χ2v) is 14.3. The van der Waals surface area contributed by atoms with Gasteiger partial charge in [0.25, 0.3) is 10.0 Å². The van der Waals surface area contributed by atoms with Crippen LogP contribution in [0.3, 0.4) is 0 Å². The lowest BCUT2D eigenvalue weighted by Crippen LogP contribution is -2.53. The molecule has 4 aromatic rings. The van der Waals surface area contributed by atoms with Crippen molar-refractivity contribution < 1.29 is 22.7 Å². The maximum atomic E-state index is 14.6. The lowest BCUT2D eigenvalue weighted by Gasteiger charge is -2.34. The first-order chi connectivity index (χ1) is 22.4. The van der Waals surface area contributed by atoms with Crippen molar-refractivity contribution in [1.82, 2.24) is 10.2 Å². The molecule has 0 fully saturated rings. The number of carbonyl (C=O) groups excluding carboxylic acids is 2. The third-order valence-corrected chi connectivity index (χ3v) is 10.1. The third kappa shape index (κ3) is 9.41. The standard InChI is InChI=1S/C35H36Cl3N3O5S/c1-24(2)21-39-35(43)33(20-25-8-5-4-6-9-25)40(22-30-31(37)10-7-11-32(30)38)34(42)23-41(27-14-12-26(36)13-15-27)47(44,45)29-18-16-28(46-3)17-19-29/h4-19,24,33H,20-23H2,1-3H3,(H,39,43). The van der Waals surface area contributed by atoms with Crippen molar-refractivity contribution in [3.05, 3.63) is 123 Å². The molecule has 1 atom stereocenters. The molecule has 0 saturated heterocycles. The molecule has 4 rings (SSSR count). The fourth-order valence-corrected chi connectivity index (χ4v) is 6.90. The molecule has 0 aliphatic heterocycles. The fourth-order valence-electron chi connectivity index (χ4n) is 4.84. The second kappa shape index (κ2) is 16.4. The van der Waals surface area contributed by atoms with Crippen LogP contribution >= 0.6 is 34.8 Å². The Morgan fingerprint density at radius 1 is 0.830 bits per heavy atom. The average Bonchev–Trinajstić information content (AvgIpc) is 3.06. The number of nitrogens with zero attached hydrogens (tertiary/aromatic N) is 2. The van der Waals surface area contributed by atoms with E-state index >= 15 is 0 Å². The van der Waals surface area contributed by atoms with E-state index in [2.05, 4.69) is 5.32 Å². The molecule has 0 saturated carbocycles. The van der Waals surface area contributed by atoms with E-state index in [0.29, 0.717) is 32.9 Å². The number of carbonyl (C=O) groups is 2. The largest absolute Gasteiger partial charge is 0.497 e. The van der Waals surface area contributed by atoms with Gasteiger partial charge in [-0.05, 0) is 72.1 Å². The number of ether oxygens (including phenoxy) is 1. The zero-order chi connectivity index (χ0) is 34.1. The molecule has 4 aromatic carbocycles. The zero-order valence-corrected chi connectivity index (χ0v) is 29.3. The molecule has 248 valence electrons. The van der Waals surface area contributed by atoms with E-state index in [1.165, 1.54) is 60.5 Å². The van der Waals surface area contributed by atoms with Crippen LogP contribution in [0.15, 0.2) is 102 Å². The number of hydrogen-bond donors (Lipinski definition) is 1. The van der Waals surface area contributed by atoms with Crippen LogP contribution in [-0.4, -0.2) is 51.4 Å². The SMILES string of the molecule is COc1ccc(S(=O)(=O)N(CC(=O)N(Cc2c(Cl)cccc2Cl)C(Cc2ccccc2)C(=O)NCC(C)C)c2ccc(Cl)cc2)cc1. The normalized spacial score (nSPS) is 12.0. The number of rotatable bonds is 14. The smallest absolute Gasteiger partial charge is 0.264 e. The van der Waals surface area contributed by atoms with Gasteiger partial charge in [-0.2, -0.15) is 0 Å². The molecule has 12 heteroatoms. The molecule has 47 heavy (non-hydrogen) atoms. The molecular formula is C35H36Cl3N3O5S. The van der Waals surface area contributed by atoms with Crippen LogP contribution in [0.2, 0.25) is 15.1 Å². The van der Waals surface area contributed by atoms with Crippen molar-refractivity contribution in [2.24, 2.45) is 5.92 Å². The molecule has 0 aliphatic carbocycles. The van der Waals surface area contributed by atoms with E-state index in [9.17, 15) is 18.0 Å². The van der Waals surface area contributed by atoms with Gasteiger partial charge in [0.1, 0.15) is 18.3 Å². The predicted molar refractivity (Wildman–Crippen MR) is 188 cm³/mol. The van der Waals surface area contributed by atoms with Crippen molar-refractivity contribution in [3.8, 4) is 5.75 Å². The van der Waals surface area contributed by atoms with Gasteiger partial charge in [-0.25, -0.2) is 8.42 Å². The molecule has 0 aliphatic rings. The van der Waals surface area contributed by atoms with Gasteiger partial charge in [-0.3, -0.25) is 13.9 Å². The minimum atomic E-state index is -4.30. The topological polar surface area (TPSA) is 96.0 Å². The van der Waals surface area contributed by atoms with E-state index in [1.807, 2.05) is 44.2 Å². The van der Waals surface area contributed by atoms with Gasteiger partial charge in [-0.15, -0.1) is 0 Å². The summed E-state index contributed by atoms with van der Waals surface area (Å²) in [6, 6.07) is 25.2. The summed E-state index contributed by atoms with van der Waals surface area (Å²) in [5, 5.41) is 3.95. The van der Waals surface area contributed by atoms with Gasteiger partial charge in [0.15, 0.2) is 0 Å². The number of halogens is 3. The van der Waals surface area contributed by atoms with Crippen LogP contribution < -0.4 is 14.4 Å². The van der Waals surface area contributed by atoms with Crippen LogP contribution in [-0.2, 0) is 32.6 Å². The number of amides is 2. The first-order valence-corrected chi connectivity index (χ1v) is 17.4. The molecule has 0 aromatic heterocycles. The minimum Gasteiger partial charge on any atom is -0.497 e. The highest BCUT2D eigenvalue weighted by atomic mass is 35.5. The van der Waals surface area contributed by atoms with Gasteiger partial charge in [0, 0.05) is 40.1 Å². The first-order valence-electron chi connectivity index (χ1n) is 14.9. The Labute approximate surface area is 291 Å². The molecular weight excluding hydrogens is 681 g/mol. The molecule has 0 bridgehead atoms. The number of benzene rings is 4. The number of hydrogen-bond acceptors (Lipinski definition) is 5. The quantitative estimate of drug-likeness (QED) is 0.148. The van der Waals surface area contributed by atoms with E-state index < -0.39 is 34.4 Å². The van der Waals surface area contributed by atoms with E-state index in [4.69, 9.17) is 39.5 Å². The Morgan fingerprint density at radius 2 is 1.45 bits per heavy atom. The Hall–Kier alpha value is -3.76. The van der Waals surface area contributed by atoms with Gasteiger partial charge >= 0.3 is 0 Å². The van der Waals surface area contributed by atoms with Gasteiger partial charge < -0.3 is 15.0 Å². The van der Waals surface area contributed by atoms with Crippen molar-refractivity contribution in [2.45, 2.75) is 37.8 Å². The summed E-state index contributed by atoms with van der Waals surface area (Å²) < 4.78 is 34.5. The van der Waals surface area contributed by atoms with Crippen LogP contribution in [0, 0.1) is 5.92 Å². The summed E-state index contributed by atoms with van der Waals surface area (Å²) >= 11 is 19.3. The maximum absolute atomic E-state index is 14.6. The number of anilines is 1. The summed E-state index contributed by atoms with van der Waals surface area (Å²) in [6.07, 6.45) is 0.157. The Morgan fingerprint density at radius 3 is 2.02 bits per heavy atom. The van der Waals surface area contributed by atoms with Crippen LogP contribution in [0.1, 0.15) is 25.0 Å². The summed E-state index contributed by atoms with van der Waals surface area (Å²) in [7, 11) is -2.82. The Kier molecular flexibility index (Phi) is 12.6. The second-order valence-electron chi connectivity index (χ2n) is 11.2. The van der Waals surface area contributed by atoms with Crippen molar-refractivity contribution >= 4 is 62.3 Å². The summed E-state index contributed by atoms with van der Waals surface area (Å²) in [5.74, 6) is -0.422. The lowest BCUT2D eigenvalue weighted by atomic mass is 10.0. The molecule has 2 amide bonds. The highest BCUT2D eigenvalue weighted by molar-refractivity contribution is 7.92. The summed E-state index contributed by atoms with van der Waals surface area (Å²) in [4.78, 5) is 29.8. The van der Waals surface area contributed by atoms with E-state index in [0.717, 1.165) is 9.87 Å². The molecule has 0 spiro atoms. The molecule has 8 nitrogen and oxygen atoms in total. The summed E-state index contributed by atoms with van der Waals surface area (Å²) in [6.45, 7) is 3.52. The highest BCUT2D eigenvalue weighted by Gasteiger charge is 2.35. The maximum Gasteiger partial charge on any atom is 0.264 e. The zero-order valence-electron chi connectivity index (χ0n) is 26.2. The van der Waals surface area contributed by atoms with Crippen molar-refractivity contribution in [3.63, 3.8) is 0 Å². The molecule has 1 N–H and O–H groups in total. The van der Waals surface area contributed by atoms with Gasteiger partial charge in [-0.1, -0.05) is 85.0 Å². The van der Waals surface area contributed by atoms with Crippen molar-refractivity contribution in [2.75, 3.05) is 24.5 Å². The number of methoxy groups -OCH3 is 1.